The van der Waals surface area contributed by atoms with E-state index in [1.54, 1.807) is 23.1 Å². The molecule has 1 aliphatic heterocycles. The number of aromatic nitrogens is 2. The Labute approximate surface area is 148 Å². The molecule has 7 nitrogen and oxygen atoms in total. The molecule has 8 heteroatoms. The average molecular weight is 364 g/mol. The summed E-state index contributed by atoms with van der Waals surface area (Å²) in [7, 11) is -1.68. The topological polar surface area (TPSA) is 75.5 Å². The second kappa shape index (κ2) is 6.76. The third kappa shape index (κ3) is 3.28. The second-order valence-corrected chi connectivity index (χ2v) is 8.30. The lowest BCUT2D eigenvalue weighted by Gasteiger charge is -2.21. The van der Waals surface area contributed by atoms with Crippen molar-refractivity contribution < 1.29 is 13.2 Å². The van der Waals surface area contributed by atoms with E-state index in [1.807, 2.05) is 25.5 Å². The normalized spacial score (nSPS) is 17.0. The Kier molecular flexibility index (Phi) is 4.83. The highest BCUT2D eigenvalue weighted by Crippen LogP contribution is 2.23. The molecular weight excluding hydrogens is 340 g/mol. The maximum atomic E-state index is 13.0. The molecule has 1 aromatic carbocycles. The van der Waals surface area contributed by atoms with Crippen molar-refractivity contribution in [1.29, 1.82) is 0 Å². The van der Waals surface area contributed by atoms with Crippen LogP contribution in [0.25, 0.3) is 11.0 Å². The number of nitrogens with zero attached hydrogens (tertiary/aromatic N) is 4. The van der Waals surface area contributed by atoms with Crippen molar-refractivity contribution in [3.8, 4) is 0 Å². The number of amides is 1. The van der Waals surface area contributed by atoms with Gasteiger partial charge < -0.3 is 9.47 Å². The summed E-state index contributed by atoms with van der Waals surface area (Å²) in [5.41, 5.74) is 1.59. The Balaban J connectivity index is 1.87. The van der Waals surface area contributed by atoms with Crippen LogP contribution in [-0.2, 0) is 21.9 Å². The number of carbonyl (C=O) groups excluding carboxylic acids is 1. The monoisotopic (exact) mass is 364 g/mol. The van der Waals surface area contributed by atoms with Crippen molar-refractivity contribution in [2.24, 2.45) is 7.05 Å². The molecule has 0 N–H and O–H groups in total. The Bertz CT molecular complexity index is 904. The fraction of sp³-hybridized carbons (Fsp3) is 0.529. The molecule has 0 saturated carbocycles. The summed E-state index contributed by atoms with van der Waals surface area (Å²) >= 11 is 0. The van der Waals surface area contributed by atoms with Gasteiger partial charge in [-0.2, -0.15) is 4.31 Å². The molecule has 1 fully saturated rings. The van der Waals surface area contributed by atoms with Crippen LogP contribution < -0.4 is 0 Å². The smallest absolute Gasteiger partial charge is 0.243 e. The van der Waals surface area contributed by atoms with E-state index in [-0.39, 0.29) is 10.8 Å². The minimum atomic E-state index is -3.59. The van der Waals surface area contributed by atoms with E-state index in [0.717, 1.165) is 11.3 Å². The number of sulfonamides is 1. The van der Waals surface area contributed by atoms with Gasteiger partial charge in [0.25, 0.3) is 0 Å². The lowest BCUT2D eigenvalue weighted by molar-refractivity contribution is -0.130. The molecule has 1 amide bonds. The molecule has 25 heavy (non-hydrogen) atoms. The van der Waals surface area contributed by atoms with Crippen molar-refractivity contribution in [1.82, 2.24) is 18.8 Å². The molecule has 0 bridgehead atoms. The first-order valence-electron chi connectivity index (χ1n) is 8.55. The van der Waals surface area contributed by atoms with E-state index in [4.69, 9.17) is 0 Å². The predicted molar refractivity (Wildman–Crippen MR) is 95.7 cm³/mol. The summed E-state index contributed by atoms with van der Waals surface area (Å²) in [6.07, 6.45) is 1.10. The van der Waals surface area contributed by atoms with Crippen molar-refractivity contribution in [3.63, 3.8) is 0 Å². The first kappa shape index (κ1) is 17.9. The number of hydrogen-bond donors (Lipinski definition) is 0. The molecule has 0 unspecified atom stereocenters. The molecule has 2 aromatic rings. The number of carbonyl (C=O) groups is 1. The lowest BCUT2D eigenvalue weighted by atomic mass is 10.3. The van der Waals surface area contributed by atoms with Crippen LogP contribution in [0, 0.1) is 6.92 Å². The van der Waals surface area contributed by atoms with Gasteiger partial charge in [0, 0.05) is 39.6 Å². The van der Waals surface area contributed by atoms with Crippen LogP contribution in [0.5, 0.6) is 0 Å². The number of hydrogen-bond acceptors (Lipinski definition) is 4. The number of aryl methyl sites for hydroxylation is 2. The van der Waals surface area contributed by atoms with Crippen molar-refractivity contribution in [2.45, 2.75) is 31.6 Å². The Morgan fingerprint density at radius 2 is 1.96 bits per heavy atom. The lowest BCUT2D eigenvalue weighted by Crippen LogP contribution is -2.37. The van der Waals surface area contributed by atoms with Gasteiger partial charge in [0.1, 0.15) is 5.82 Å². The predicted octanol–water partition coefficient (Wildman–Crippen LogP) is 1.51. The van der Waals surface area contributed by atoms with Gasteiger partial charge in [-0.25, -0.2) is 13.4 Å². The highest BCUT2D eigenvalue weighted by Gasteiger charge is 2.28. The molecule has 1 saturated heterocycles. The SMILES string of the molecule is CCC(=O)N1CCCN(S(=O)(=O)c2ccc3c(c2)nc(C)n3C)CC1. The van der Waals surface area contributed by atoms with Gasteiger partial charge in [0.2, 0.25) is 15.9 Å². The highest BCUT2D eigenvalue weighted by molar-refractivity contribution is 7.89. The Morgan fingerprint density at radius 3 is 2.68 bits per heavy atom. The van der Waals surface area contributed by atoms with Gasteiger partial charge in [-0.15, -0.1) is 0 Å². The fourth-order valence-corrected chi connectivity index (χ4v) is 4.71. The number of imidazole rings is 1. The maximum absolute atomic E-state index is 13.0. The summed E-state index contributed by atoms with van der Waals surface area (Å²) < 4.78 is 29.4. The molecule has 2 heterocycles. The minimum Gasteiger partial charge on any atom is -0.341 e. The molecular formula is C17H24N4O3S. The number of fused-ring (bicyclic) bond motifs is 1. The summed E-state index contributed by atoms with van der Waals surface area (Å²) in [4.78, 5) is 18.3. The van der Waals surface area contributed by atoms with Crippen molar-refractivity contribution >= 4 is 27.0 Å². The summed E-state index contributed by atoms with van der Waals surface area (Å²) in [6, 6.07) is 5.07. The van der Waals surface area contributed by atoms with E-state index in [1.165, 1.54) is 4.31 Å². The van der Waals surface area contributed by atoms with Crippen molar-refractivity contribution in [2.75, 3.05) is 26.2 Å². The van der Waals surface area contributed by atoms with Gasteiger partial charge in [0.15, 0.2) is 0 Å². The van der Waals surface area contributed by atoms with Crippen LogP contribution in [0.1, 0.15) is 25.6 Å². The summed E-state index contributed by atoms with van der Waals surface area (Å²) in [6.45, 7) is 5.52. The first-order valence-corrected chi connectivity index (χ1v) is 9.99. The zero-order valence-electron chi connectivity index (χ0n) is 14.9. The standard InChI is InChI=1S/C17H24N4O3S/c1-4-17(22)20-8-5-9-21(11-10-20)25(23,24)14-6-7-16-15(12-14)18-13(2)19(16)3/h6-7,12H,4-5,8-11H2,1-3H3. The van der Waals surface area contributed by atoms with E-state index in [2.05, 4.69) is 4.98 Å². The molecule has 0 spiro atoms. The number of rotatable bonds is 3. The molecule has 0 atom stereocenters. The average Bonchev–Trinajstić information content (AvgIpc) is 2.79. The molecule has 1 aromatic heterocycles. The Morgan fingerprint density at radius 1 is 1.20 bits per heavy atom. The highest BCUT2D eigenvalue weighted by atomic mass is 32.2. The van der Waals surface area contributed by atoms with Crippen LogP contribution in [0.2, 0.25) is 0 Å². The zero-order chi connectivity index (χ0) is 18.2. The van der Waals surface area contributed by atoms with Gasteiger partial charge in [-0.3, -0.25) is 4.79 Å². The van der Waals surface area contributed by atoms with Crippen LogP contribution in [-0.4, -0.2) is 59.3 Å². The van der Waals surface area contributed by atoms with E-state index < -0.39 is 10.0 Å². The summed E-state index contributed by atoms with van der Waals surface area (Å²) in [5, 5.41) is 0. The molecule has 1 aliphatic rings. The Hall–Kier alpha value is -1.93. The van der Waals surface area contributed by atoms with Crippen LogP contribution in [0.4, 0.5) is 0 Å². The largest absolute Gasteiger partial charge is 0.341 e. The quantitative estimate of drug-likeness (QED) is 0.827. The molecule has 3 rings (SSSR count). The van der Waals surface area contributed by atoms with E-state index in [9.17, 15) is 13.2 Å². The van der Waals surface area contributed by atoms with Crippen LogP contribution in [0.15, 0.2) is 23.1 Å². The third-order valence-electron chi connectivity index (χ3n) is 4.82. The fourth-order valence-electron chi connectivity index (χ4n) is 3.22. The van der Waals surface area contributed by atoms with Crippen LogP contribution in [0.3, 0.4) is 0 Å². The minimum absolute atomic E-state index is 0.0737. The molecule has 0 aliphatic carbocycles. The third-order valence-corrected chi connectivity index (χ3v) is 6.72. The number of benzene rings is 1. The molecule has 136 valence electrons. The zero-order valence-corrected chi connectivity index (χ0v) is 15.7. The van der Waals surface area contributed by atoms with Crippen molar-refractivity contribution in [3.05, 3.63) is 24.0 Å². The summed E-state index contributed by atoms with van der Waals surface area (Å²) in [5.74, 6) is 0.915. The van der Waals surface area contributed by atoms with Crippen LogP contribution >= 0.6 is 0 Å². The first-order chi connectivity index (χ1) is 11.8. The van der Waals surface area contributed by atoms with E-state index in [0.29, 0.717) is 44.5 Å². The van der Waals surface area contributed by atoms with E-state index >= 15 is 0 Å². The van der Waals surface area contributed by atoms with Gasteiger partial charge in [-0.1, -0.05) is 6.92 Å². The van der Waals surface area contributed by atoms with Gasteiger partial charge in [-0.05, 0) is 31.5 Å². The van der Waals surface area contributed by atoms with Gasteiger partial charge >= 0.3 is 0 Å². The van der Waals surface area contributed by atoms with Gasteiger partial charge in [0.05, 0.1) is 15.9 Å². The molecule has 0 radical (unpaired) electrons. The maximum Gasteiger partial charge on any atom is 0.243 e. The second-order valence-electron chi connectivity index (χ2n) is 6.36.